The molecule has 64 valence electrons. The molecule has 0 aliphatic heterocycles. The minimum absolute atomic E-state index is 0.692. The molecule has 0 spiro atoms. The Labute approximate surface area is 74.6 Å². The number of aldehydes is 1. The van der Waals surface area contributed by atoms with Crippen molar-refractivity contribution in [2.24, 2.45) is 10.7 Å². The maximum atomic E-state index is 9.76. The highest BCUT2D eigenvalue weighted by Crippen LogP contribution is 2.19. The molecule has 0 aromatic rings. The molecule has 0 heterocycles. The first kappa shape index (κ1) is 11.0. The molecule has 2 N–H and O–H groups in total. The number of hydrogen-bond acceptors (Lipinski definition) is 5. The van der Waals surface area contributed by atoms with Crippen LogP contribution in [0.4, 0.5) is 0 Å². The number of aliphatic imine (C=N–C) groups is 1. The maximum absolute atomic E-state index is 9.76. The van der Waals surface area contributed by atoms with Crippen molar-refractivity contribution in [3.8, 4) is 0 Å². The SMILES string of the molecule is NCCSSCCN=CC=O. The van der Waals surface area contributed by atoms with Gasteiger partial charge < -0.3 is 5.73 Å². The Bertz CT molecular complexity index is 119. The Kier molecular flexibility index (Phi) is 10.0. The van der Waals surface area contributed by atoms with Gasteiger partial charge in [-0.3, -0.25) is 9.79 Å². The molecule has 0 rings (SSSR count). The molecule has 0 aromatic heterocycles. The second-order valence-electron chi connectivity index (χ2n) is 1.62. The van der Waals surface area contributed by atoms with E-state index in [1.807, 2.05) is 0 Å². The number of rotatable bonds is 7. The van der Waals surface area contributed by atoms with E-state index in [-0.39, 0.29) is 0 Å². The molecule has 3 nitrogen and oxygen atoms in total. The molecule has 0 saturated carbocycles. The van der Waals surface area contributed by atoms with E-state index in [1.165, 1.54) is 6.21 Å². The summed E-state index contributed by atoms with van der Waals surface area (Å²) in [6, 6.07) is 0. The first-order valence-corrected chi connectivity index (χ1v) is 5.78. The van der Waals surface area contributed by atoms with Crippen LogP contribution in [0.15, 0.2) is 4.99 Å². The number of carbonyl (C=O) groups excluding carboxylic acids is 1. The van der Waals surface area contributed by atoms with Gasteiger partial charge in [-0.1, -0.05) is 21.6 Å². The number of carbonyl (C=O) groups is 1. The lowest BCUT2D eigenvalue weighted by Gasteiger charge is -1.94. The van der Waals surface area contributed by atoms with Crippen LogP contribution in [0.2, 0.25) is 0 Å². The summed E-state index contributed by atoms with van der Waals surface area (Å²) in [6.45, 7) is 1.43. The van der Waals surface area contributed by atoms with E-state index < -0.39 is 0 Å². The fourth-order valence-electron chi connectivity index (χ4n) is 0.374. The first-order chi connectivity index (χ1) is 5.41. The fraction of sp³-hybridized carbons (Fsp3) is 0.667. The van der Waals surface area contributed by atoms with Crippen molar-refractivity contribution >= 4 is 34.1 Å². The van der Waals surface area contributed by atoms with Crippen LogP contribution in [0.25, 0.3) is 0 Å². The molecule has 0 unspecified atom stereocenters. The highest BCUT2D eigenvalue weighted by Gasteiger charge is 1.86. The molecular formula is C6H12N2OS2. The van der Waals surface area contributed by atoms with Gasteiger partial charge >= 0.3 is 0 Å². The van der Waals surface area contributed by atoms with E-state index in [0.29, 0.717) is 12.8 Å². The monoisotopic (exact) mass is 192 g/mol. The smallest absolute Gasteiger partial charge is 0.160 e. The molecule has 0 aromatic carbocycles. The van der Waals surface area contributed by atoms with Crippen LogP contribution < -0.4 is 5.73 Å². The van der Waals surface area contributed by atoms with E-state index in [9.17, 15) is 4.79 Å². The van der Waals surface area contributed by atoms with Crippen LogP contribution in [0.5, 0.6) is 0 Å². The Balaban J connectivity index is 2.90. The second-order valence-corrected chi connectivity index (χ2v) is 4.33. The molecular weight excluding hydrogens is 180 g/mol. The van der Waals surface area contributed by atoms with Crippen LogP contribution in [-0.4, -0.2) is 37.1 Å². The summed E-state index contributed by atoms with van der Waals surface area (Å²) >= 11 is 0. The van der Waals surface area contributed by atoms with Crippen LogP contribution in [-0.2, 0) is 4.79 Å². The summed E-state index contributed by atoms with van der Waals surface area (Å²) in [6.07, 6.45) is 1.98. The van der Waals surface area contributed by atoms with Crippen LogP contribution in [0.3, 0.4) is 0 Å². The van der Waals surface area contributed by atoms with E-state index >= 15 is 0 Å². The predicted octanol–water partition coefficient (Wildman–Crippen LogP) is 0.596. The first-order valence-electron chi connectivity index (χ1n) is 3.30. The van der Waals surface area contributed by atoms with Crippen molar-refractivity contribution in [1.82, 2.24) is 0 Å². The Hall–Kier alpha value is -0.000000000000000111. The zero-order valence-electron chi connectivity index (χ0n) is 6.23. The van der Waals surface area contributed by atoms with E-state index in [2.05, 4.69) is 4.99 Å². The van der Waals surface area contributed by atoms with Crippen molar-refractivity contribution in [2.45, 2.75) is 0 Å². The zero-order valence-corrected chi connectivity index (χ0v) is 7.87. The van der Waals surface area contributed by atoms with Crippen molar-refractivity contribution in [2.75, 3.05) is 24.6 Å². The standard InChI is InChI=1S/C6H12N2OS2/c7-1-5-10-11-6-3-8-2-4-9/h2,4H,1,3,5-7H2. The molecule has 0 radical (unpaired) electrons. The lowest BCUT2D eigenvalue weighted by molar-refractivity contribution is -0.102. The van der Waals surface area contributed by atoms with Gasteiger partial charge in [-0.25, -0.2) is 0 Å². The van der Waals surface area contributed by atoms with E-state index in [4.69, 9.17) is 5.73 Å². The van der Waals surface area contributed by atoms with E-state index in [1.54, 1.807) is 21.6 Å². The lowest BCUT2D eigenvalue weighted by Crippen LogP contribution is -2.00. The van der Waals surface area contributed by atoms with Gasteiger partial charge in [0.25, 0.3) is 0 Å². The van der Waals surface area contributed by atoms with Gasteiger partial charge in [-0.15, -0.1) is 0 Å². The summed E-state index contributed by atoms with van der Waals surface area (Å²) < 4.78 is 0. The Morgan fingerprint density at radius 1 is 1.36 bits per heavy atom. The summed E-state index contributed by atoms with van der Waals surface area (Å²) in [5.74, 6) is 1.91. The zero-order chi connectivity index (χ0) is 8.36. The minimum atomic E-state index is 0.692. The average Bonchev–Trinajstić information content (AvgIpc) is 2.03. The summed E-state index contributed by atoms with van der Waals surface area (Å²) in [4.78, 5) is 13.6. The molecule has 0 bridgehead atoms. The molecule has 11 heavy (non-hydrogen) atoms. The third-order valence-electron chi connectivity index (χ3n) is 0.755. The van der Waals surface area contributed by atoms with Crippen LogP contribution in [0.1, 0.15) is 0 Å². The van der Waals surface area contributed by atoms with Gasteiger partial charge in [-0.2, -0.15) is 0 Å². The topological polar surface area (TPSA) is 55.4 Å². The van der Waals surface area contributed by atoms with Crippen LogP contribution in [0, 0.1) is 0 Å². The number of nitrogens with zero attached hydrogens (tertiary/aromatic N) is 1. The van der Waals surface area contributed by atoms with Gasteiger partial charge in [0, 0.05) is 24.6 Å². The summed E-state index contributed by atoms with van der Waals surface area (Å²) in [7, 11) is 3.48. The number of hydrogen-bond donors (Lipinski definition) is 1. The quantitative estimate of drug-likeness (QED) is 0.278. The molecule has 0 aliphatic rings. The predicted molar refractivity (Wildman–Crippen MR) is 53.4 cm³/mol. The molecule has 0 aliphatic carbocycles. The molecule has 0 amide bonds. The molecule has 5 heteroatoms. The Morgan fingerprint density at radius 3 is 2.73 bits per heavy atom. The third kappa shape index (κ3) is 10.0. The summed E-state index contributed by atoms with van der Waals surface area (Å²) in [5, 5.41) is 0. The van der Waals surface area contributed by atoms with E-state index in [0.717, 1.165) is 18.1 Å². The lowest BCUT2D eigenvalue weighted by atomic mass is 10.7. The van der Waals surface area contributed by atoms with Crippen molar-refractivity contribution in [3.05, 3.63) is 0 Å². The average molecular weight is 192 g/mol. The minimum Gasteiger partial charge on any atom is -0.330 e. The summed E-state index contributed by atoms with van der Waals surface area (Å²) in [5.41, 5.74) is 5.28. The fourth-order valence-corrected chi connectivity index (χ4v) is 2.10. The van der Waals surface area contributed by atoms with Gasteiger partial charge in [-0.05, 0) is 0 Å². The normalized spacial score (nSPS) is 10.6. The molecule has 0 atom stereocenters. The Morgan fingerprint density at radius 2 is 2.09 bits per heavy atom. The maximum Gasteiger partial charge on any atom is 0.160 e. The van der Waals surface area contributed by atoms with Gasteiger partial charge in [0.2, 0.25) is 0 Å². The third-order valence-corrected chi connectivity index (χ3v) is 3.17. The highest BCUT2D eigenvalue weighted by molar-refractivity contribution is 8.76. The van der Waals surface area contributed by atoms with Gasteiger partial charge in [0.05, 0.1) is 6.21 Å². The highest BCUT2D eigenvalue weighted by atomic mass is 33.1. The van der Waals surface area contributed by atoms with Crippen LogP contribution >= 0.6 is 21.6 Å². The second kappa shape index (κ2) is 10.0. The largest absolute Gasteiger partial charge is 0.330 e. The number of nitrogens with two attached hydrogens (primary N) is 1. The van der Waals surface area contributed by atoms with Crippen molar-refractivity contribution in [1.29, 1.82) is 0 Å². The van der Waals surface area contributed by atoms with Gasteiger partial charge in [0.1, 0.15) is 0 Å². The van der Waals surface area contributed by atoms with Crippen molar-refractivity contribution in [3.63, 3.8) is 0 Å². The molecule has 0 fully saturated rings. The van der Waals surface area contributed by atoms with Gasteiger partial charge in [0.15, 0.2) is 6.29 Å². The van der Waals surface area contributed by atoms with Crippen molar-refractivity contribution < 1.29 is 4.79 Å². The molecule has 0 saturated heterocycles.